The average molecular weight is 204 g/mol. The molecule has 14 heavy (non-hydrogen) atoms. The van der Waals surface area contributed by atoms with Gasteiger partial charge in [-0.05, 0) is 6.42 Å². The molecular formula is C8H16N2O4. The van der Waals surface area contributed by atoms with Gasteiger partial charge in [0.1, 0.15) is 0 Å². The highest BCUT2D eigenvalue weighted by atomic mass is 16.7. The molecular weight excluding hydrogens is 188 g/mol. The maximum atomic E-state index is 11.3. The van der Waals surface area contributed by atoms with Crippen molar-refractivity contribution in [2.75, 3.05) is 26.9 Å². The largest absolute Gasteiger partial charge is 0.392 e. The molecule has 1 rings (SSSR count). The molecule has 2 unspecified atom stereocenters. The molecule has 2 atom stereocenters. The standard InChI is InChI=1S/C8H16N2O4/c1-13-2-3-14-10-8(12)7-4-6(11)5-9-7/h6-7,9,11H,2-5H2,1H3,(H,10,12). The Hall–Kier alpha value is -0.690. The predicted octanol–water partition coefficient (Wildman–Crippen LogP) is -1.60. The number of hydrogen-bond donors (Lipinski definition) is 3. The molecule has 3 N–H and O–H groups in total. The monoisotopic (exact) mass is 204 g/mol. The molecule has 0 saturated carbocycles. The van der Waals surface area contributed by atoms with Crippen LogP contribution in [-0.4, -0.2) is 50.0 Å². The summed E-state index contributed by atoms with van der Waals surface area (Å²) in [6, 6.07) is -0.354. The molecule has 1 amide bonds. The van der Waals surface area contributed by atoms with Crippen LogP contribution in [-0.2, 0) is 14.4 Å². The number of aliphatic hydroxyl groups excluding tert-OH is 1. The Balaban J connectivity index is 2.09. The van der Waals surface area contributed by atoms with Gasteiger partial charge >= 0.3 is 0 Å². The van der Waals surface area contributed by atoms with Crippen LogP contribution < -0.4 is 10.8 Å². The highest BCUT2D eigenvalue weighted by Gasteiger charge is 2.27. The van der Waals surface area contributed by atoms with Gasteiger partial charge in [0.05, 0.1) is 25.4 Å². The Morgan fingerprint density at radius 3 is 3.00 bits per heavy atom. The van der Waals surface area contributed by atoms with Crippen molar-refractivity contribution in [3.63, 3.8) is 0 Å². The molecule has 82 valence electrons. The maximum absolute atomic E-state index is 11.3. The van der Waals surface area contributed by atoms with Crippen molar-refractivity contribution in [2.45, 2.75) is 18.6 Å². The minimum absolute atomic E-state index is 0.252. The normalized spacial score (nSPS) is 26.4. The number of amides is 1. The average Bonchev–Trinajstić information content (AvgIpc) is 2.59. The number of ether oxygens (including phenoxy) is 1. The number of aliphatic hydroxyl groups is 1. The van der Waals surface area contributed by atoms with Crippen molar-refractivity contribution in [1.29, 1.82) is 0 Å². The molecule has 0 aromatic carbocycles. The highest BCUT2D eigenvalue weighted by molar-refractivity contribution is 5.81. The number of nitrogens with one attached hydrogen (secondary N) is 2. The number of carbonyl (C=O) groups is 1. The van der Waals surface area contributed by atoms with Crippen molar-refractivity contribution >= 4 is 5.91 Å². The minimum atomic E-state index is -0.440. The summed E-state index contributed by atoms with van der Waals surface area (Å²) in [6.07, 6.45) is -0.0100. The van der Waals surface area contributed by atoms with Crippen LogP contribution in [0.4, 0.5) is 0 Å². The molecule has 0 aromatic heterocycles. The molecule has 0 spiro atoms. The van der Waals surface area contributed by atoms with E-state index in [1.807, 2.05) is 0 Å². The minimum Gasteiger partial charge on any atom is -0.392 e. The number of β-amino-alcohol motifs (C(OH)–C–C–N with tert-alkyl or cyclic N) is 1. The van der Waals surface area contributed by atoms with E-state index in [4.69, 9.17) is 14.7 Å². The predicted molar refractivity (Wildman–Crippen MR) is 48.4 cm³/mol. The van der Waals surface area contributed by atoms with E-state index in [9.17, 15) is 4.79 Å². The third kappa shape index (κ3) is 3.59. The smallest absolute Gasteiger partial charge is 0.260 e. The number of rotatable bonds is 5. The fourth-order valence-electron chi connectivity index (χ4n) is 1.24. The maximum Gasteiger partial charge on any atom is 0.260 e. The number of methoxy groups -OCH3 is 1. The SMILES string of the molecule is COCCONC(=O)C1CC(O)CN1. The fraction of sp³-hybridized carbons (Fsp3) is 0.875. The molecule has 6 nitrogen and oxygen atoms in total. The summed E-state index contributed by atoms with van der Waals surface area (Å²) in [5, 5.41) is 12.0. The topological polar surface area (TPSA) is 79.8 Å². The van der Waals surface area contributed by atoms with Gasteiger partial charge in [-0.15, -0.1) is 0 Å². The molecule has 6 heteroatoms. The second kappa shape index (κ2) is 5.92. The van der Waals surface area contributed by atoms with Crippen LogP contribution in [0.15, 0.2) is 0 Å². The Bertz CT molecular complexity index is 188. The number of hydroxylamine groups is 1. The van der Waals surface area contributed by atoms with Crippen LogP contribution in [0.5, 0.6) is 0 Å². The number of hydrogen-bond acceptors (Lipinski definition) is 5. The van der Waals surface area contributed by atoms with E-state index in [-0.39, 0.29) is 11.9 Å². The third-order valence-corrected chi connectivity index (χ3v) is 1.99. The molecule has 0 aromatic rings. The van der Waals surface area contributed by atoms with Gasteiger partial charge in [-0.3, -0.25) is 9.63 Å². The Morgan fingerprint density at radius 1 is 1.64 bits per heavy atom. The van der Waals surface area contributed by atoms with E-state index in [0.29, 0.717) is 26.2 Å². The molecule has 1 fully saturated rings. The first-order valence-corrected chi connectivity index (χ1v) is 4.56. The molecule has 1 heterocycles. The molecule has 1 aliphatic rings. The van der Waals surface area contributed by atoms with Crippen LogP contribution in [0.25, 0.3) is 0 Å². The van der Waals surface area contributed by atoms with Crippen molar-refractivity contribution in [3.8, 4) is 0 Å². The first-order valence-electron chi connectivity index (χ1n) is 4.56. The van der Waals surface area contributed by atoms with E-state index >= 15 is 0 Å². The molecule has 1 saturated heterocycles. The van der Waals surface area contributed by atoms with Gasteiger partial charge in [-0.25, -0.2) is 5.48 Å². The zero-order valence-electron chi connectivity index (χ0n) is 8.16. The first kappa shape index (κ1) is 11.4. The lowest BCUT2D eigenvalue weighted by Gasteiger charge is -2.10. The van der Waals surface area contributed by atoms with Gasteiger partial charge in [-0.2, -0.15) is 0 Å². The van der Waals surface area contributed by atoms with E-state index < -0.39 is 6.10 Å². The van der Waals surface area contributed by atoms with Crippen LogP contribution >= 0.6 is 0 Å². The van der Waals surface area contributed by atoms with Gasteiger partial charge in [-0.1, -0.05) is 0 Å². The molecule has 1 aliphatic heterocycles. The summed E-state index contributed by atoms with van der Waals surface area (Å²) in [6.45, 7) is 1.20. The van der Waals surface area contributed by atoms with E-state index in [1.165, 1.54) is 0 Å². The number of carbonyl (C=O) groups excluding carboxylic acids is 1. The Labute approximate surface area is 82.5 Å². The molecule has 0 radical (unpaired) electrons. The highest BCUT2D eigenvalue weighted by Crippen LogP contribution is 2.05. The van der Waals surface area contributed by atoms with Crippen molar-refractivity contribution in [2.24, 2.45) is 0 Å². The van der Waals surface area contributed by atoms with Crippen molar-refractivity contribution < 1.29 is 19.5 Å². The van der Waals surface area contributed by atoms with Gasteiger partial charge in [0.2, 0.25) is 0 Å². The quantitative estimate of drug-likeness (QED) is 0.371. The zero-order valence-corrected chi connectivity index (χ0v) is 8.16. The van der Waals surface area contributed by atoms with Crippen LogP contribution in [0.1, 0.15) is 6.42 Å². The summed E-state index contributed by atoms with van der Waals surface area (Å²) in [5.41, 5.74) is 2.29. The van der Waals surface area contributed by atoms with Gasteiger partial charge in [0, 0.05) is 13.7 Å². The van der Waals surface area contributed by atoms with E-state index in [0.717, 1.165) is 0 Å². The third-order valence-electron chi connectivity index (χ3n) is 1.99. The summed E-state index contributed by atoms with van der Waals surface area (Å²) in [5.74, 6) is -0.252. The molecule has 0 aliphatic carbocycles. The van der Waals surface area contributed by atoms with E-state index in [1.54, 1.807) is 7.11 Å². The lowest BCUT2D eigenvalue weighted by molar-refractivity contribution is -0.136. The van der Waals surface area contributed by atoms with Crippen LogP contribution in [0, 0.1) is 0 Å². The van der Waals surface area contributed by atoms with Gasteiger partial charge < -0.3 is 15.2 Å². The van der Waals surface area contributed by atoms with Crippen LogP contribution in [0.2, 0.25) is 0 Å². The summed E-state index contributed by atoms with van der Waals surface area (Å²) >= 11 is 0. The summed E-state index contributed by atoms with van der Waals surface area (Å²) in [4.78, 5) is 16.1. The molecule has 0 bridgehead atoms. The first-order chi connectivity index (χ1) is 6.74. The second-order valence-corrected chi connectivity index (χ2v) is 3.16. The van der Waals surface area contributed by atoms with Crippen LogP contribution in [0.3, 0.4) is 0 Å². The Kier molecular flexibility index (Phi) is 4.81. The second-order valence-electron chi connectivity index (χ2n) is 3.16. The van der Waals surface area contributed by atoms with Gasteiger partial charge in [0.25, 0.3) is 5.91 Å². The van der Waals surface area contributed by atoms with Crippen molar-refractivity contribution in [1.82, 2.24) is 10.8 Å². The van der Waals surface area contributed by atoms with Gasteiger partial charge in [0.15, 0.2) is 0 Å². The fourth-order valence-corrected chi connectivity index (χ4v) is 1.24. The van der Waals surface area contributed by atoms with Crippen molar-refractivity contribution in [3.05, 3.63) is 0 Å². The zero-order chi connectivity index (χ0) is 10.4. The Morgan fingerprint density at radius 2 is 2.43 bits per heavy atom. The summed E-state index contributed by atoms with van der Waals surface area (Å²) < 4.78 is 4.73. The lowest BCUT2D eigenvalue weighted by Crippen LogP contribution is -2.40. The summed E-state index contributed by atoms with van der Waals surface area (Å²) in [7, 11) is 1.56. The lowest BCUT2D eigenvalue weighted by atomic mass is 10.2. The van der Waals surface area contributed by atoms with E-state index in [2.05, 4.69) is 10.8 Å².